The second-order valence-corrected chi connectivity index (χ2v) is 7.02. The first-order valence-corrected chi connectivity index (χ1v) is 9.45. The Morgan fingerprint density at radius 1 is 0.806 bits per heavy atom. The lowest BCUT2D eigenvalue weighted by atomic mass is 9.89. The van der Waals surface area contributed by atoms with Crippen LogP contribution in [0.15, 0.2) is 78.0 Å². The lowest BCUT2D eigenvalue weighted by molar-refractivity contribution is 0.624. The van der Waals surface area contributed by atoms with Crippen molar-refractivity contribution in [1.29, 1.82) is 15.8 Å². The first-order chi connectivity index (χ1) is 15.2. The van der Waals surface area contributed by atoms with Gasteiger partial charge in [0.1, 0.15) is 23.5 Å². The zero-order valence-corrected chi connectivity index (χ0v) is 16.0. The molecule has 0 bridgehead atoms. The largest absolute Gasteiger partial charge is 0.256 e. The van der Waals surface area contributed by atoms with Crippen molar-refractivity contribution >= 4 is 16.7 Å². The summed E-state index contributed by atoms with van der Waals surface area (Å²) in [5, 5.41) is 28.9. The summed E-state index contributed by atoms with van der Waals surface area (Å²) in [5.74, 6) is -0.548. The summed E-state index contributed by atoms with van der Waals surface area (Å²) in [6, 6.07) is 21.8. The molecule has 142 valence electrons. The molecule has 0 amide bonds. The van der Waals surface area contributed by atoms with Crippen molar-refractivity contribution in [3.63, 3.8) is 0 Å². The Bertz CT molecular complexity index is 1450. The normalized spacial score (nSPS) is 16.7. The molecule has 1 aromatic heterocycles. The molecule has 3 aromatic rings. The minimum atomic E-state index is -0.548. The van der Waals surface area contributed by atoms with Crippen LogP contribution in [0.1, 0.15) is 22.3 Å². The van der Waals surface area contributed by atoms with Crippen molar-refractivity contribution in [2.75, 3.05) is 0 Å². The highest BCUT2D eigenvalue weighted by Gasteiger charge is 2.37. The molecule has 5 rings (SSSR count). The summed E-state index contributed by atoms with van der Waals surface area (Å²) in [6.07, 6.45) is 3.04. The smallest absolute Gasteiger partial charge is 0.138 e. The van der Waals surface area contributed by atoms with E-state index in [1.165, 1.54) is 12.1 Å². The van der Waals surface area contributed by atoms with Crippen LogP contribution < -0.4 is 0 Å². The highest BCUT2D eigenvalue weighted by atomic mass is 19.1. The number of halogens is 1. The monoisotopic (exact) mass is 398 g/mol. The van der Waals surface area contributed by atoms with Gasteiger partial charge in [-0.15, -0.1) is 0 Å². The van der Waals surface area contributed by atoms with E-state index in [4.69, 9.17) is 0 Å². The summed E-state index contributed by atoms with van der Waals surface area (Å²) < 4.78 is 15.0. The summed E-state index contributed by atoms with van der Waals surface area (Å²) in [4.78, 5) is 4.53. The van der Waals surface area contributed by atoms with Crippen LogP contribution in [0.4, 0.5) is 4.39 Å². The molecule has 31 heavy (non-hydrogen) atoms. The van der Waals surface area contributed by atoms with Gasteiger partial charge in [-0.2, -0.15) is 15.8 Å². The number of hydrogen-bond acceptors (Lipinski definition) is 4. The second-order valence-electron chi connectivity index (χ2n) is 7.02. The van der Waals surface area contributed by atoms with Crippen molar-refractivity contribution in [2.45, 2.75) is 0 Å². The van der Waals surface area contributed by atoms with Gasteiger partial charge in [-0.05, 0) is 23.3 Å². The Hall–Kier alpha value is -4.79. The summed E-state index contributed by atoms with van der Waals surface area (Å²) in [5.41, 5.74) is 5.71. The van der Waals surface area contributed by atoms with Crippen LogP contribution in [-0.4, -0.2) is 4.98 Å². The lowest BCUT2D eigenvalue weighted by Gasteiger charge is -2.12. The highest BCUT2D eigenvalue weighted by Crippen LogP contribution is 2.55. The molecular weight excluding hydrogens is 387 g/mol. The fourth-order valence-corrected chi connectivity index (χ4v) is 4.40. The molecule has 2 aromatic carbocycles. The third kappa shape index (κ3) is 2.47. The minimum absolute atomic E-state index is 0.166. The first-order valence-electron chi connectivity index (χ1n) is 9.45. The van der Waals surface area contributed by atoms with Gasteiger partial charge in [0.25, 0.3) is 0 Å². The van der Waals surface area contributed by atoms with Gasteiger partial charge in [-0.3, -0.25) is 4.98 Å². The number of benzene rings is 2. The third-order valence-electron chi connectivity index (χ3n) is 5.53. The second kappa shape index (κ2) is 6.92. The quantitative estimate of drug-likeness (QED) is 0.370. The Morgan fingerprint density at radius 3 is 2.26 bits per heavy atom. The number of nitrogens with zero attached hydrogens (tertiary/aromatic N) is 4. The predicted molar refractivity (Wildman–Crippen MR) is 114 cm³/mol. The number of rotatable bonds is 0. The maximum absolute atomic E-state index is 15.0. The van der Waals surface area contributed by atoms with Crippen LogP contribution in [0, 0.1) is 39.8 Å². The fourth-order valence-electron chi connectivity index (χ4n) is 4.40. The summed E-state index contributed by atoms with van der Waals surface area (Å²) in [7, 11) is 0. The molecule has 2 aliphatic carbocycles. The number of nitriles is 3. The van der Waals surface area contributed by atoms with Crippen LogP contribution in [0.5, 0.6) is 0 Å². The van der Waals surface area contributed by atoms with Gasteiger partial charge in [-0.1, -0.05) is 42.5 Å². The van der Waals surface area contributed by atoms with Gasteiger partial charge in [-0.25, -0.2) is 4.39 Å². The van der Waals surface area contributed by atoms with E-state index in [1.54, 1.807) is 24.4 Å². The number of fused-ring (bicyclic) bond motifs is 4. The molecule has 0 unspecified atom stereocenters. The highest BCUT2D eigenvalue weighted by molar-refractivity contribution is 6.20. The topological polar surface area (TPSA) is 84.3 Å². The van der Waals surface area contributed by atoms with Gasteiger partial charge in [0.15, 0.2) is 0 Å². The molecular formula is C26H11FN4. The van der Waals surface area contributed by atoms with Crippen LogP contribution in [-0.2, 0) is 0 Å². The Morgan fingerprint density at radius 2 is 1.52 bits per heavy atom. The average molecular weight is 398 g/mol. The molecule has 0 saturated heterocycles. The van der Waals surface area contributed by atoms with Crippen molar-refractivity contribution in [3.05, 3.63) is 106 Å². The summed E-state index contributed by atoms with van der Waals surface area (Å²) >= 11 is 0. The van der Waals surface area contributed by atoms with E-state index in [9.17, 15) is 15.8 Å². The lowest BCUT2D eigenvalue weighted by Crippen LogP contribution is -1.95. The Kier molecular flexibility index (Phi) is 4.07. The van der Waals surface area contributed by atoms with Gasteiger partial charge >= 0.3 is 0 Å². The first kappa shape index (κ1) is 18.3. The van der Waals surface area contributed by atoms with Crippen molar-refractivity contribution < 1.29 is 4.39 Å². The van der Waals surface area contributed by atoms with Crippen molar-refractivity contribution in [2.24, 2.45) is 0 Å². The fraction of sp³-hybridized carbons (Fsp3) is 0. The zero-order chi connectivity index (χ0) is 21.5. The average Bonchev–Trinajstić information content (AvgIpc) is 3.29. The molecule has 5 heteroatoms. The molecule has 0 saturated carbocycles. The number of allylic oxidation sites excluding steroid dienone is 5. The number of aromatic nitrogens is 1. The summed E-state index contributed by atoms with van der Waals surface area (Å²) in [6.45, 7) is 0. The molecule has 0 radical (unpaired) electrons. The Labute approximate surface area is 177 Å². The molecule has 2 aliphatic rings. The molecule has 0 atom stereocenters. The Balaban J connectivity index is 2.04. The van der Waals surface area contributed by atoms with E-state index in [-0.39, 0.29) is 16.7 Å². The SMILES string of the molecule is N#CC=C1/C(=C2/c3ccccc3-c3ncccc32)C(=C(C#N)C#N)c2c(F)cccc21. The maximum Gasteiger partial charge on any atom is 0.138 e. The maximum atomic E-state index is 15.0. The van der Waals surface area contributed by atoms with Gasteiger partial charge < -0.3 is 0 Å². The van der Waals surface area contributed by atoms with Crippen LogP contribution >= 0.6 is 0 Å². The van der Waals surface area contributed by atoms with E-state index >= 15 is 4.39 Å². The van der Waals surface area contributed by atoms with Crippen molar-refractivity contribution in [1.82, 2.24) is 4.98 Å². The van der Waals surface area contributed by atoms with Crippen molar-refractivity contribution in [3.8, 4) is 29.5 Å². The molecule has 1 heterocycles. The third-order valence-corrected chi connectivity index (χ3v) is 5.53. The van der Waals surface area contributed by atoms with E-state index in [0.29, 0.717) is 16.7 Å². The van der Waals surface area contributed by atoms with Gasteiger partial charge in [0.2, 0.25) is 0 Å². The predicted octanol–water partition coefficient (Wildman–Crippen LogP) is 5.42. The van der Waals surface area contributed by atoms with E-state index in [0.717, 1.165) is 28.0 Å². The van der Waals surface area contributed by atoms with E-state index in [1.807, 2.05) is 48.5 Å². The van der Waals surface area contributed by atoms with Crippen LogP contribution in [0.2, 0.25) is 0 Å². The molecule has 0 spiro atoms. The molecule has 4 nitrogen and oxygen atoms in total. The van der Waals surface area contributed by atoms with Crippen LogP contribution in [0.25, 0.3) is 28.0 Å². The number of hydrogen-bond donors (Lipinski definition) is 0. The van der Waals surface area contributed by atoms with Gasteiger partial charge in [0.05, 0.1) is 11.8 Å². The zero-order valence-electron chi connectivity index (χ0n) is 16.0. The standard InChI is InChI=1S/C26H11FN4/c27-21-9-3-7-16-18(10-11-28)25(22(24(16)21)15(13-29)14-30)23-17-5-1-2-6-19(17)26-20(23)8-4-12-31-26/h1-10,12H/b18-10?,25-23+. The molecule has 0 N–H and O–H groups in total. The minimum Gasteiger partial charge on any atom is -0.256 e. The number of pyridine rings is 1. The van der Waals surface area contributed by atoms with Crippen LogP contribution in [0.3, 0.4) is 0 Å². The van der Waals surface area contributed by atoms with E-state index < -0.39 is 5.82 Å². The van der Waals surface area contributed by atoms with E-state index in [2.05, 4.69) is 4.98 Å². The molecule has 0 aliphatic heterocycles. The van der Waals surface area contributed by atoms with Gasteiger partial charge in [0, 0.05) is 51.3 Å². The molecule has 0 fully saturated rings.